The molecule has 0 bridgehead atoms. The minimum absolute atomic E-state index is 0.241. The van der Waals surface area contributed by atoms with Crippen LogP contribution >= 0.6 is 0 Å². The average molecular weight is 404 g/mol. The molecule has 0 saturated carbocycles. The van der Waals surface area contributed by atoms with Crippen LogP contribution in [-0.4, -0.2) is 24.2 Å². The van der Waals surface area contributed by atoms with Gasteiger partial charge in [0.15, 0.2) is 0 Å². The first-order chi connectivity index (χ1) is 14.7. The summed E-state index contributed by atoms with van der Waals surface area (Å²) < 4.78 is 6.10. The van der Waals surface area contributed by atoms with Gasteiger partial charge in [-0.1, -0.05) is 72.8 Å². The van der Waals surface area contributed by atoms with Gasteiger partial charge in [0.05, 0.1) is 0 Å². The Hall–Kier alpha value is -3.11. The van der Waals surface area contributed by atoms with Gasteiger partial charge in [0.1, 0.15) is 12.4 Å². The number of benzene rings is 3. The van der Waals surface area contributed by atoms with E-state index < -0.39 is 5.97 Å². The molecule has 156 valence electrons. The third kappa shape index (κ3) is 7.05. The summed E-state index contributed by atoms with van der Waals surface area (Å²) in [6.45, 7) is 2.22. The highest BCUT2D eigenvalue weighted by atomic mass is 16.5. The number of carbonyl (C=O) groups is 1. The molecule has 0 aliphatic rings. The minimum atomic E-state index is -0.726. The molecule has 3 aromatic rings. The molecular weight excluding hydrogens is 374 g/mol. The van der Waals surface area contributed by atoms with Crippen molar-refractivity contribution in [1.29, 1.82) is 0 Å². The van der Waals surface area contributed by atoms with Crippen LogP contribution in [0.3, 0.4) is 0 Å². The van der Waals surface area contributed by atoms with E-state index in [9.17, 15) is 4.79 Å². The Kier molecular flexibility index (Phi) is 8.48. The van der Waals surface area contributed by atoms with E-state index in [-0.39, 0.29) is 6.42 Å². The fourth-order valence-corrected chi connectivity index (χ4v) is 3.31. The normalized spacial score (nSPS) is 10.7. The summed E-state index contributed by atoms with van der Waals surface area (Å²) in [6, 6.07) is 27.0. The molecule has 0 fully saturated rings. The first kappa shape index (κ1) is 21.6. The predicted octanol–water partition coefficient (Wildman–Crippen LogP) is 5.32. The van der Waals surface area contributed by atoms with Crippen LogP contribution in [0.1, 0.15) is 30.4 Å². The maximum atomic E-state index is 10.5. The highest BCUT2D eigenvalue weighted by molar-refractivity contribution is 5.66. The third-order valence-electron chi connectivity index (χ3n) is 4.99. The molecule has 0 atom stereocenters. The number of hydrogen-bond donors (Lipinski definition) is 2. The smallest absolute Gasteiger partial charge is 0.303 e. The van der Waals surface area contributed by atoms with Crippen molar-refractivity contribution >= 4 is 5.97 Å². The number of unbranched alkanes of at least 4 members (excludes halogenated alkanes) is 1. The van der Waals surface area contributed by atoms with Crippen molar-refractivity contribution in [2.75, 3.05) is 13.1 Å². The summed E-state index contributed by atoms with van der Waals surface area (Å²) in [5.74, 6) is 0.188. The number of aliphatic carboxylic acids is 1. The Morgan fingerprint density at radius 3 is 2.27 bits per heavy atom. The number of carboxylic acid groups (broad SMARTS) is 1. The predicted molar refractivity (Wildman–Crippen MR) is 121 cm³/mol. The van der Waals surface area contributed by atoms with Crippen molar-refractivity contribution in [3.05, 3.63) is 90.0 Å². The van der Waals surface area contributed by atoms with Crippen LogP contribution in [0.5, 0.6) is 5.75 Å². The number of nitrogens with one attached hydrogen (secondary N) is 1. The molecule has 0 heterocycles. The Morgan fingerprint density at radius 1 is 0.800 bits per heavy atom. The molecule has 0 aliphatic heterocycles. The molecule has 0 aliphatic carbocycles. The first-order valence-electron chi connectivity index (χ1n) is 10.5. The molecular formula is C26H29NO3. The fourth-order valence-electron chi connectivity index (χ4n) is 3.31. The summed E-state index contributed by atoms with van der Waals surface area (Å²) in [6.07, 6.45) is 2.71. The van der Waals surface area contributed by atoms with Crippen LogP contribution in [0.25, 0.3) is 11.1 Å². The van der Waals surface area contributed by atoms with E-state index in [1.54, 1.807) is 0 Å². The fraction of sp³-hybridized carbons (Fsp3) is 0.269. The zero-order valence-electron chi connectivity index (χ0n) is 17.2. The quantitative estimate of drug-likeness (QED) is 0.402. The molecule has 2 N–H and O–H groups in total. The van der Waals surface area contributed by atoms with Gasteiger partial charge >= 0.3 is 5.97 Å². The Morgan fingerprint density at radius 2 is 1.50 bits per heavy atom. The number of hydrogen-bond acceptors (Lipinski definition) is 3. The van der Waals surface area contributed by atoms with Gasteiger partial charge in [0.2, 0.25) is 0 Å². The van der Waals surface area contributed by atoms with E-state index >= 15 is 0 Å². The van der Waals surface area contributed by atoms with Crippen molar-refractivity contribution in [1.82, 2.24) is 5.32 Å². The molecule has 0 amide bonds. The van der Waals surface area contributed by atoms with Crippen LogP contribution in [0.4, 0.5) is 0 Å². The van der Waals surface area contributed by atoms with Gasteiger partial charge in [0.25, 0.3) is 0 Å². The largest absolute Gasteiger partial charge is 0.489 e. The molecule has 30 heavy (non-hydrogen) atoms. The molecule has 0 unspecified atom stereocenters. The zero-order chi connectivity index (χ0) is 21.0. The van der Waals surface area contributed by atoms with E-state index in [4.69, 9.17) is 9.84 Å². The monoisotopic (exact) mass is 403 g/mol. The number of rotatable bonds is 12. The third-order valence-corrected chi connectivity index (χ3v) is 4.99. The summed E-state index contributed by atoms with van der Waals surface area (Å²) in [4.78, 5) is 10.5. The van der Waals surface area contributed by atoms with Gasteiger partial charge in [0, 0.05) is 6.42 Å². The maximum Gasteiger partial charge on any atom is 0.303 e. The Balaban J connectivity index is 1.46. The number of ether oxygens (including phenoxy) is 1. The molecule has 0 aromatic heterocycles. The highest BCUT2D eigenvalue weighted by Crippen LogP contribution is 2.22. The molecule has 3 rings (SSSR count). The molecule has 0 saturated heterocycles. The molecule has 4 nitrogen and oxygen atoms in total. The van der Waals surface area contributed by atoms with Crippen LogP contribution in [-0.2, 0) is 17.8 Å². The number of carboxylic acids is 1. The lowest BCUT2D eigenvalue weighted by Gasteiger charge is -2.12. The lowest BCUT2D eigenvalue weighted by atomic mass is 10.0. The van der Waals surface area contributed by atoms with Gasteiger partial charge in [-0.3, -0.25) is 4.79 Å². The van der Waals surface area contributed by atoms with E-state index in [1.807, 2.05) is 36.4 Å². The van der Waals surface area contributed by atoms with Gasteiger partial charge < -0.3 is 15.2 Å². The lowest BCUT2D eigenvalue weighted by Crippen LogP contribution is -2.19. The average Bonchev–Trinajstić information content (AvgIpc) is 2.78. The van der Waals surface area contributed by atoms with E-state index in [2.05, 4.69) is 47.8 Å². The maximum absolute atomic E-state index is 10.5. The summed E-state index contributed by atoms with van der Waals surface area (Å²) in [7, 11) is 0. The van der Waals surface area contributed by atoms with E-state index in [0.29, 0.717) is 13.0 Å². The van der Waals surface area contributed by atoms with Crippen molar-refractivity contribution in [3.63, 3.8) is 0 Å². The molecule has 0 radical (unpaired) electrons. The molecule has 3 aromatic carbocycles. The second kappa shape index (κ2) is 11.8. The van der Waals surface area contributed by atoms with E-state index in [1.165, 1.54) is 16.7 Å². The second-order valence-corrected chi connectivity index (χ2v) is 7.31. The molecule has 4 heteroatoms. The highest BCUT2D eigenvalue weighted by Gasteiger charge is 2.04. The first-order valence-corrected chi connectivity index (χ1v) is 10.5. The second-order valence-electron chi connectivity index (χ2n) is 7.31. The summed E-state index contributed by atoms with van der Waals surface area (Å²) in [5, 5.41) is 12.0. The minimum Gasteiger partial charge on any atom is -0.489 e. The topological polar surface area (TPSA) is 58.6 Å². The van der Waals surface area contributed by atoms with Gasteiger partial charge in [-0.25, -0.2) is 0 Å². The Labute approximate surface area is 178 Å². The standard InChI is InChI=1S/C26H29NO3/c28-26(29)12-6-7-18-27-19-17-24-10-4-5-11-25(24)30-20-21-13-15-23(16-14-21)22-8-2-1-3-9-22/h1-5,8-11,13-16,27H,6-7,12,17-20H2,(H,28,29). The van der Waals surface area contributed by atoms with Crippen molar-refractivity contribution < 1.29 is 14.6 Å². The van der Waals surface area contributed by atoms with Crippen molar-refractivity contribution in [2.45, 2.75) is 32.3 Å². The van der Waals surface area contributed by atoms with E-state index in [0.717, 1.165) is 37.2 Å². The van der Waals surface area contributed by atoms with Gasteiger partial charge in [-0.2, -0.15) is 0 Å². The number of para-hydroxylation sites is 1. The van der Waals surface area contributed by atoms with Crippen LogP contribution in [0.2, 0.25) is 0 Å². The van der Waals surface area contributed by atoms with Crippen LogP contribution in [0, 0.1) is 0 Å². The van der Waals surface area contributed by atoms with Crippen molar-refractivity contribution in [2.24, 2.45) is 0 Å². The summed E-state index contributed by atoms with van der Waals surface area (Å²) >= 11 is 0. The lowest BCUT2D eigenvalue weighted by molar-refractivity contribution is -0.137. The molecule has 0 spiro atoms. The van der Waals surface area contributed by atoms with Crippen molar-refractivity contribution in [3.8, 4) is 16.9 Å². The Bertz CT molecular complexity index is 907. The van der Waals surface area contributed by atoms with Gasteiger partial charge in [-0.05, 0) is 60.7 Å². The zero-order valence-corrected chi connectivity index (χ0v) is 17.2. The SMILES string of the molecule is O=C(O)CCCCNCCc1ccccc1OCc1ccc(-c2ccccc2)cc1. The van der Waals surface area contributed by atoms with Crippen LogP contribution < -0.4 is 10.1 Å². The van der Waals surface area contributed by atoms with Crippen LogP contribution in [0.15, 0.2) is 78.9 Å². The summed E-state index contributed by atoms with van der Waals surface area (Å²) in [5.41, 5.74) is 4.73. The van der Waals surface area contributed by atoms with Gasteiger partial charge in [-0.15, -0.1) is 0 Å².